The van der Waals surface area contributed by atoms with E-state index >= 15 is 0 Å². The van der Waals surface area contributed by atoms with Crippen molar-refractivity contribution < 1.29 is 4.79 Å². The van der Waals surface area contributed by atoms with Crippen molar-refractivity contribution >= 4 is 16.8 Å². The summed E-state index contributed by atoms with van der Waals surface area (Å²) < 4.78 is 0. The van der Waals surface area contributed by atoms with Crippen LogP contribution in [0.1, 0.15) is 53.1 Å². The van der Waals surface area contributed by atoms with Crippen LogP contribution in [0.3, 0.4) is 0 Å². The zero-order chi connectivity index (χ0) is 18.6. The van der Waals surface area contributed by atoms with Gasteiger partial charge in [-0.3, -0.25) is 4.79 Å². The SMILES string of the molecule is NC(=O)c1ccc2[nH]cc([C@H]3CC[C@H](NCCc4ccccc4)CC3)c2c1. The monoisotopic (exact) mass is 361 g/mol. The van der Waals surface area contributed by atoms with Gasteiger partial charge >= 0.3 is 0 Å². The Morgan fingerprint density at radius 1 is 1.07 bits per heavy atom. The van der Waals surface area contributed by atoms with Crippen molar-refractivity contribution in [1.29, 1.82) is 0 Å². The van der Waals surface area contributed by atoms with Gasteiger partial charge in [0.25, 0.3) is 0 Å². The van der Waals surface area contributed by atoms with Crippen LogP contribution in [0.5, 0.6) is 0 Å². The number of hydrogen-bond acceptors (Lipinski definition) is 2. The minimum absolute atomic E-state index is 0.365. The summed E-state index contributed by atoms with van der Waals surface area (Å²) >= 11 is 0. The highest BCUT2D eigenvalue weighted by atomic mass is 16.1. The normalized spacial score (nSPS) is 20.0. The number of aromatic nitrogens is 1. The summed E-state index contributed by atoms with van der Waals surface area (Å²) in [4.78, 5) is 14.9. The third kappa shape index (κ3) is 4.06. The number of nitrogens with one attached hydrogen (secondary N) is 2. The smallest absolute Gasteiger partial charge is 0.248 e. The number of primary amides is 1. The molecule has 1 aromatic heterocycles. The predicted molar refractivity (Wildman–Crippen MR) is 110 cm³/mol. The van der Waals surface area contributed by atoms with E-state index in [1.165, 1.54) is 36.8 Å². The van der Waals surface area contributed by atoms with Crippen LogP contribution < -0.4 is 11.1 Å². The van der Waals surface area contributed by atoms with E-state index in [1.54, 1.807) is 6.07 Å². The molecule has 140 valence electrons. The first kappa shape index (κ1) is 17.8. The molecule has 0 spiro atoms. The molecule has 0 atom stereocenters. The number of aromatic amines is 1. The van der Waals surface area contributed by atoms with Gasteiger partial charge in [0.15, 0.2) is 0 Å². The number of hydrogen-bond donors (Lipinski definition) is 3. The Kier molecular flexibility index (Phi) is 5.26. The van der Waals surface area contributed by atoms with E-state index in [9.17, 15) is 4.79 Å². The van der Waals surface area contributed by atoms with Crippen LogP contribution in [0.4, 0.5) is 0 Å². The first-order valence-electron chi connectivity index (χ1n) is 9.89. The molecule has 1 aliphatic carbocycles. The lowest BCUT2D eigenvalue weighted by molar-refractivity contribution is 0.100. The fourth-order valence-electron chi connectivity index (χ4n) is 4.31. The van der Waals surface area contributed by atoms with Crippen LogP contribution in [0, 0.1) is 0 Å². The number of carbonyl (C=O) groups excluding carboxylic acids is 1. The maximum atomic E-state index is 11.5. The number of rotatable bonds is 6. The molecule has 1 amide bonds. The highest BCUT2D eigenvalue weighted by Crippen LogP contribution is 2.36. The molecule has 0 saturated heterocycles. The second kappa shape index (κ2) is 7.97. The molecule has 1 aliphatic rings. The molecule has 3 aromatic rings. The van der Waals surface area contributed by atoms with Crippen molar-refractivity contribution in [2.45, 2.75) is 44.1 Å². The standard InChI is InChI=1S/C23H27N3O/c24-23(27)18-8-11-22-20(14-18)21(15-26-22)17-6-9-19(10-7-17)25-13-12-16-4-2-1-3-5-16/h1-5,8,11,14-15,17,19,25-26H,6-7,9-10,12-13H2,(H2,24,27)/t17-,19-. The van der Waals surface area contributed by atoms with Crippen LogP contribution >= 0.6 is 0 Å². The fraction of sp³-hybridized carbons (Fsp3) is 0.348. The largest absolute Gasteiger partial charge is 0.366 e. The van der Waals surface area contributed by atoms with Crippen LogP contribution in [0.15, 0.2) is 54.7 Å². The van der Waals surface area contributed by atoms with E-state index < -0.39 is 0 Å². The molecule has 2 aromatic carbocycles. The molecule has 1 heterocycles. The zero-order valence-corrected chi connectivity index (χ0v) is 15.6. The first-order valence-corrected chi connectivity index (χ1v) is 9.89. The lowest BCUT2D eigenvalue weighted by Gasteiger charge is -2.29. The third-order valence-corrected chi connectivity index (χ3v) is 5.85. The average molecular weight is 361 g/mol. The number of nitrogens with two attached hydrogens (primary N) is 1. The number of amides is 1. The maximum absolute atomic E-state index is 11.5. The third-order valence-electron chi connectivity index (χ3n) is 5.85. The molecule has 0 aliphatic heterocycles. The van der Waals surface area contributed by atoms with Gasteiger partial charge in [-0.1, -0.05) is 30.3 Å². The second-order valence-electron chi connectivity index (χ2n) is 7.61. The molecular weight excluding hydrogens is 334 g/mol. The Labute approximate surface area is 160 Å². The minimum Gasteiger partial charge on any atom is -0.366 e. The van der Waals surface area contributed by atoms with Crippen molar-refractivity contribution in [3.63, 3.8) is 0 Å². The number of fused-ring (bicyclic) bond motifs is 1. The molecule has 0 radical (unpaired) electrons. The van der Waals surface area contributed by atoms with Gasteiger partial charge < -0.3 is 16.0 Å². The van der Waals surface area contributed by atoms with Crippen LogP contribution in [-0.4, -0.2) is 23.5 Å². The molecule has 4 heteroatoms. The summed E-state index contributed by atoms with van der Waals surface area (Å²) in [5, 5.41) is 4.87. The summed E-state index contributed by atoms with van der Waals surface area (Å²) in [5.41, 5.74) is 9.84. The molecule has 1 fully saturated rings. The van der Waals surface area contributed by atoms with Crippen molar-refractivity contribution in [2.75, 3.05) is 6.54 Å². The van der Waals surface area contributed by atoms with Crippen LogP contribution in [-0.2, 0) is 6.42 Å². The quantitative estimate of drug-likeness (QED) is 0.618. The van der Waals surface area contributed by atoms with Gasteiger partial charge in [0.05, 0.1) is 0 Å². The lowest BCUT2D eigenvalue weighted by atomic mass is 9.81. The average Bonchev–Trinajstić information content (AvgIpc) is 3.12. The van der Waals surface area contributed by atoms with Gasteiger partial charge in [-0.15, -0.1) is 0 Å². The van der Waals surface area contributed by atoms with Gasteiger partial charge in [0, 0.05) is 28.7 Å². The number of carbonyl (C=O) groups is 1. The second-order valence-corrected chi connectivity index (χ2v) is 7.61. The van der Waals surface area contributed by atoms with Gasteiger partial charge in [-0.2, -0.15) is 0 Å². The molecule has 27 heavy (non-hydrogen) atoms. The van der Waals surface area contributed by atoms with Gasteiger partial charge in [-0.05, 0) is 73.9 Å². The van der Waals surface area contributed by atoms with E-state index in [4.69, 9.17) is 5.73 Å². The van der Waals surface area contributed by atoms with E-state index in [-0.39, 0.29) is 5.91 Å². The molecule has 0 bridgehead atoms. The molecule has 4 N–H and O–H groups in total. The Morgan fingerprint density at radius 3 is 2.59 bits per heavy atom. The van der Waals surface area contributed by atoms with E-state index in [1.807, 2.05) is 12.1 Å². The van der Waals surface area contributed by atoms with E-state index in [0.717, 1.165) is 23.9 Å². The van der Waals surface area contributed by atoms with E-state index in [0.29, 0.717) is 17.5 Å². The molecule has 4 nitrogen and oxygen atoms in total. The minimum atomic E-state index is -0.365. The van der Waals surface area contributed by atoms with Crippen molar-refractivity contribution in [1.82, 2.24) is 10.3 Å². The van der Waals surface area contributed by atoms with Gasteiger partial charge in [0.2, 0.25) is 5.91 Å². The summed E-state index contributed by atoms with van der Waals surface area (Å²) in [5.74, 6) is 0.185. The van der Waals surface area contributed by atoms with Crippen molar-refractivity contribution in [3.8, 4) is 0 Å². The summed E-state index contributed by atoms with van der Waals surface area (Å²) in [6.07, 6.45) is 7.94. The van der Waals surface area contributed by atoms with Crippen LogP contribution in [0.2, 0.25) is 0 Å². The highest BCUT2D eigenvalue weighted by molar-refractivity contribution is 5.97. The fourth-order valence-corrected chi connectivity index (χ4v) is 4.31. The molecule has 1 saturated carbocycles. The Bertz CT molecular complexity index is 908. The predicted octanol–water partition coefficient (Wildman–Crippen LogP) is 4.13. The summed E-state index contributed by atoms with van der Waals surface area (Å²) in [6.45, 7) is 1.04. The number of benzene rings is 2. The zero-order valence-electron chi connectivity index (χ0n) is 15.6. The first-order chi connectivity index (χ1) is 13.2. The van der Waals surface area contributed by atoms with Crippen LogP contribution in [0.25, 0.3) is 10.9 Å². The Morgan fingerprint density at radius 2 is 1.85 bits per heavy atom. The Balaban J connectivity index is 1.34. The molecular formula is C23H27N3O. The highest BCUT2D eigenvalue weighted by Gasteiger charge is 2.24. The van der Waals surface area contributed by atoms with Crippen molar-refractivity contribution in [2.24, 2.45) is 5.73 Å². The Hall–Kier alpha value is -2.59. The molecule has 0 unspecified atom stereocenters. The lowest BCUT2D eigenvalue weighted by Crippen LogP contribution is -2.34. The molecule has 4 rings (SSSR count). The number of H-pyrrole nitrogens is 1. The van der Waals surface area contributed by atoms with Gasteiger partial charge in [0.1, 0.15) is 0 Å². The topological polar surface area (TPSA) is 70.9 Å². The van der Waals surface area contributed by atoms with Crippen molar-refractivity contribution in [3.05, 3.63) is 71.4 Å². The van der Waals surface area contributed by atoms with Gasteiger partial charge in [-0.25, -0.2) is 0 Å². The van der Waals surface area contributed by atoms with E-state index in [2.05, 4.69) is 46.8 Å². The summed E-state index contributed by atoms with van der Waals surface area (Å²) in [6, 6.07) is 16.9. The summed E-state index contributed by atoms with van der Waals surface area (Å²) in [7, 11) is 0. The maximum Gasteiger partial charge on any atom is 0.248 e.